The molecule has 9 heteroatoms. The third-order valence-electron chi connectivity index (χ3n) is 6.58. The Morgan fingerprint density at radius 2 is 1.92 bits per heavy atom. The van der Waals surface area contributed by atoms with E-state index >= 15 is 4.39 Å². The van der Waals surface area contributed by atoms with E-state index in [0.29, 0.717) is 37.1 Å². The number of hydrogen-bond donors (Lipinski definition) is 2. The van der Waals surface area contributed by atoms with Gasteiger partial charge in [-0.3, -0.25) is 0 Å². The van der Waals surface area contributed by atoms with Gasteiger partial charge in [-0.25, -0.2) is 14.0 Å². The van der Waals surface area contributed by atoms with Crippen molar-refractivity contribution in [3.05, 3.63) is 59.4 Å². The molecule has 2 N–H and O–H groups in total. The van der Waals surface area contributed by atoms with Crippen molar-refractivity contribution in [3.63, 3.8) is 0 Å². The fourth-order valence-corrected chi connectivity index (χ4v) is 4.79. The van der Waals surface area contributed by atoms with Crippen LogP contribution < -0.4 is 10.1 Å². The molecule has 0 aliphatic carbocycles. The number of piperidine rings is 1. The van der Waals surface area contributed by atoms with Crippen LogP contribution in [-0.4, -0.2) is 54.5 Å². The first-order valence-corrected chi connectivity index (χ1v) is 13.0. The number of nitrogens with zero attached hydrogens (tertiary/aromatic N) is 1. The molecular weight excluding hydrogens is 491 g/mol. The molecule has 2 amide bonds. The van der Waals surface area contributed by atoms with E-state index in [9.17, 15) is 14.7 Å². The zero-order valence-electron chi connectivity index (χ0n) is 22.9. The molecule has 0 radical (unpaired) electrons. The summed E-state index contributed by atoms with van der Waals surface area (Å²) in [6.07, 6.45) is 0.812. The predicted octanol–water partition coefficient (Wildman–Crippen LogP) is 5.90. The van der Waals surface area contributed by atoms with Crippen molar-refractivity contribution >= 4 is 12.2 Å². The number of likely N-dealkylation sites (tertiary alicyclic amines) is 1. The first-order chi connectivity index (χ1) is 17.9. The second kappa shape index (κ2) is 12.5. The average Bonchev–Trinajstić information content (AvgIpc) is 2.86. The van der Waals surface area contributed by atoms with Crippen molar-refractivity contribution in [1.29, 1.82) is 0 Å². The summed E-state index contributed by atoms with van der Waals surface area (Å²) in [4.78, 5) is 26.0. The summed E-state index contributed by atoms with van der Waals surface area (Å²) in [6, 6.07) is 11.7. The standard InChI is InChI=1S/C29H39FN2O6/c1-20-10-6-12-22(18-20)37-25-23(13-7-14-24(25)30)29(35,15-9-16-31-26(33)36-5)21-11-8-17-32(19-21)27(34)38-28(2,3)4/h6-7,10,12-14,18,21,35H,8-9,11,15-17,19H2,1-5H3,(H,31,33). The Morgan fingerprint density at radius 3 is 2.61 bits per heavy atom. The van der Waals surface area contributed by atoms with E-state index in [1.807, 2.05) is 19.1 Å². The monoisotopic (exact) mass is 530 g/mol. The van der Waals surface area contributed by atoms with E-state index in [0.717, 1.165) is 5.56 Å². The molecule has 0 spiro atoms. The summed E-state index contributed by atoms with van der Waals surface area (Å²) in [5.41, 5.74) is -0.963. The molecule has 0 aromatic heterocycles. The molecule has 2 aromatic rings. The lowest BCUT2D eigenvalue weighted by molar-refractivity contribution is -0.0644. The molecule has 1 heterocycles. The first kappa shape index (κ1) is 29.2. The lowest BCUT2D eigenvalue weighted by atomic mass is 9.74. The molecular formula is C29H39FN2O6. The fraction of sp³-hybridized carbons (Fsp3) is 0.517. The lowest BCUT2D eigenvalue weighted by Crippen LogP contribution is -2.49. The maximum atomic E-state index is 15.3. The molecule has 38 heavy (non-hydrogen) atoms. The van der Waals surface area contributed by atoms with Crippen molar-refractivity contribution in [2.24, 2.45) is 5.92 Å². The maximum absolute atomic E-state index is 15.3. The van der Waals surface area contributed by atoms with Crippen molar-refractivity contribution in [1.82, 2.24) is 10.2 Å². The van der Waals surface area contributed by atoms with Crippen LogP contribution in [-0.2, 0) is 15.1 Å². The molecule has 2 aromatic carbocycles. The number of benzene rings is 2. The fourth-order valence-electron chi connectivity index (χ4n) is 4.79. The minimum absolute atomic E-state index is 0.0593. The van der Waals surface area contributed by atoms with Gasteiger partial charge in [-0.2, -0.15) is 0 Å². The highest BCUT2D eigenvalue weighted by Crippen LogP contribution is 2.45. The van der Waals surface area contributed by atoms with Crippen LogP contribution in [0.15, 0.2) is 42.5 Å². The van der Waals surface area contributed by atoms with Crippen molar-refractivity contribution in [3.8, 4) is 11.5 Å². The number of halogens is 1. The highest BCUT2D eigenvalue weighted by molar-refractivity contribution is 5.68. The van der Waals surface area contributed by atoms with Gasteiger partial charge in [0.1, 0.15) is 11.4 Å². The van der Waals surface area contributed by atoms with Crippen molar-refractivity contribution in [2.45, 2.75) is 64.6 Å². The SMILES string of the molecule is COC(=O)NCCCC(O)(c1cccc(F)c1Oc1cccc(C)c1)C1CCCN(C(=O)OC(C)(C)C)C1. The Labute approximate surface area is 224 Å². The quantitative estimate of drug-likeness (QED) is 0.413. The van der Waals surface area contributed by atoms with Gasteiger partial charge in [0.05, 0.1) is 12.7 Å². The van der Waals surface area contributed by atoms with E-state index in [2.05, 4.69) is 10.1 Å². The number of aryl methyl sites for hydroxylation is 1. The Morgan fingerprint density at radius 1 is 1.18 bits per heavy atom. The normalized spacial score (nSPS) is 17.3. The van der Waals surface area contributed by atoms with Gasteiger partial charge in [-0.1, -0.05) is 24.3 Å². The van der Waals surface area contributed by atoms with Gasteiger partial charge in [0, 0.05) is 31.1 Å². The number of nitrogens with one attached hydrogen (secondary N) is 1. The number of aliphatic hydroxyl groups is 1. The van der Waals surface area contributed by atoms with Gasteiger partial charge in [-0.05, 0) is 77.1 Å². The summed E-state index contributed by atoms with van der Waals surface area (Å²) in [5.74, 6) is -0.639. The number of ether oxygens (including phenoxy) is 3. The van der Waals surface area contributed by atoms with Crippen LogP contribution in [0.4, 0.5) is 14.0 Å². The number of rotatable bonds is 8. The molecule has 1 fully saturated rings. The number of carbonyl (C=O) groups excluding carboxylic acids is 2. The molecule has 3 rings (SSSR count). The molecule has 0 saturated carbocycles. The average molecular weight is 531 g/mol. The highest BCUT2D eigenvalue weighted by Gasteiger charge is 2.44. The smallest absolute Gasteiger partial charge is 0.410 e. The molecule has 1 saturated heterocycles. The summed E-state index contributed by atoms with van der Waals surface area (Å²) in [6.45, 7) is 8.31. The van der Waals surface area contributed by atoms with Crippen LogP contribution in [0.25, 0.3) is 0 Å². The molecule has 2 unspecified atom stereocenters. The minimum Gasteiger partial charge on any atom is -0.454 e. The third kappa shape index (κ3) is 7.60. The van der Waals surface area contributed by atoms with E-state index < -0.39 is 35.1 Å². The summed E-state index contributed by atoms with van der Waals surface area (Å²) in [7, 11) is 1.28. The third-order valence-corrected chi connectivity index (χ3v) is 6.58. The minimum atomic E-state index is -1.56. The predicted molar refractivity (Wildman–Crippen MR) is 142 cm³/mol. The maximum Gasteiger partial charge on any atom is 0.410 e. The highest BCUT2D eigenvalue weighted by atomic mass is 19.1. The Balaban J connectivity index is 1.96. The number of methoxy groups -OCH3 is 1. The Kier molecular flexibility index (Phi) is 9.60. The van der Waals surface area contributed by atoms with E-state index in [4.69, 9.17) is 9.47 Å². The first-order valence-electron chi connectivity index (χ1n) is 13.0. The molecule has 1 aliphatic rings. The Bertz CT molecular complexity index is 1120. The van der Waals surface area contributed by atoms with Crippen LogP contribution >= 0.6 is 0 Å². The largest absolute Gasteiger partial charge is 0.454 e. The zero-order valence-corrected chi connectivity index (χ0v) is 22.9. The number of para-hydroxylation sites is 1. The van der Waals surface area contributed by atoms with Crippen LogP contribution in [0.2, 0.25) is 0 Å². The lowest BCUT2D eigenvalue weighted by Gasteiger charge is -2.43. The van der Waals surface area contributed by atoms with E-state index in [1.165, 1.54) is 13.2 Å². The number of hydrogen-bond acceptors (Lipinski definition) is 6. The summed E-state index contributed by atoms with van der Waals surface area (Å²) in [5, 5.41) is 15.0. The zero-order chi connectivity index (χ0) is 27.9. The van der Waals surface area contributed by atoms with Crippen LogP contribution in [0, 0.1) is 18.7 Å². The second-order valence-electron chi connectivity index (χ2n) is 10.7. The van der Waals surface area contributed by atoms with Gasteiger partial charge >= 0.3 is 12.2 Å². The van der Waals surface area contributed by atoms with Gasteiger partial charge in [0.25, 0.3) is 0 Å². The topological polar surface area (TPSA) is 97.3 Å². The second-order valence-corrected chi connectivity index (χ2v) is 10.7. The van der Waals surface area contributed by atoms with E-state index in [1.54, 1.807) is 49.9 Å². The molecule has 8 nitrogen and oxygen atoms in total. The van der Waals surface area contributed by atoms with E-state index in [-0.39, 0.29) is 25.3 Å². The summed E-state index contributed by atoms with van der Waals surface area (Å²) < 4.78 is 31.5. The molecule has 1 aliphatic heterocycles. The Hall–Kier alpha value is -3.33. The molecule has 208 valence electrons. The van der Waals surface area contributed by atoms with Gasteiger partial charge in [-0.15, -0.1) is 0 Å². The van der Waals surface area contributed by atoms with Crippen LogP contribution in [0.5, 0.6) is 11.5 Å². The van der Waals surface area contributed by atoms with Crippen molar-refractivity contribution in [2.75, 3.05) is 26.7 Å². The summed E-state index contributed by atoms with van der Waals surface area (Å²) >= 11 is 0. The number of carbonyl (C=O) groups is 2. The number of alkyl carbamates (subject to hydrolysis) is 1. The van der Waals surface area contributed by atoms with Crippen LogP contribution in [0.3, 0.4) is 0 Å². The molecule has 2 atom stereocenters. The van der Waals surface area contributed by atoms with Crippen molar-refractivity contribution < 1.29 is 33.3 Å². The van der Waals surface area contributed by atoms with Crippen LogP contribution in [0.1, 0.15) is 57.6 Å². The van der Waals surface area contributed by atoms with Gasteiger partial charge in [0.15, 0.2) is 11.6 Å². The van der Waals surface area contributed by atoms with Gasteiger partial charge < -0.3 is 29.5 Å². The number of amides is 2. The van der Waals surface area contributed by atoms with Gasteiger partial charge in [0.2, 0.25) is 0 Å². The molecule has 0 bridgehead atoms.